The van der Waals surface area contributed by atoms with Crippen LogP contribution in [0.4, 0.5) is 0 Å². The summed E-state index contributed by atoms with van der Waals surface area (Å²) in [5.41, 5.74) is -3.60. The van der Waals surface area contributed by atoms with Gasteiger partial charge in [0.25, 0.3) is 0 Å². The first-order chi connectivity index (χ1) is 21.1. The number of hydrogen-bond donors (Lipinski definition) is 11. The number of carbonyl (C=O) groups is 3. The van der Waals surface area contributed by atoms with Crippen molar-refractivity contribution in [2.24, 2.45) is 5.92 Å². The highest BCUT2D eigenvalue weighted by molar-refractivity contribution is 6.10. The van der Waals surface area contributed by atoms with Crippen molar-refractivity contribution in [3.8, 4) is 62.9 Å². The van der Waals surface area contributed by atoms with E-state index >= 15 is 0 Å². The summed E-state index contributed by atoms with van der Waals surface area (Å²) in [7, 11) is 0. The lowest BCUT2D eigenvalue weighted by Crippen LogP contribution is -2.57. The first-order valence-electron chi connectivity index (χ1n) is 12.9. The van der Waals surface area contributed by atoms with E-state index < -0.39 is 141 Å². The normalized spacial score (nSPS) is 23.1. The molecule has 2 aliphatic heterocycles. The fraction of sp³-hybridized carbons (Fsp3) is 0.250. The lowest BCUT2D eigenvalue weighted by molar-refractivity contribution is -0.271. The fourth-order valence-electron chi connectivity index (χ4n) is 5.12. The number of aromatic hydroxyl groups is 9. The number of cyclic esters (lactones) is 1. The molecule has 2 bridgehead atoms. The third kappa shape index (κ3) is 5.13. The van der Waals surface area contributed by atoms with Crippen molar-refractivity contribution in [2.45, 2.75) is 31.0 Å². The SMILES string of the molecule is O=C(O[C@H]1O[C@H]2COC(=O)c3cc(O)c(O)c(O)c3-c3c(cc(O)c(O)c3O)C(=O)C[C@H]([C@@H]1O)[C@H]2O)c1cc(O)c(O)c(O)c1. The van der Waals surface area contributed by atoms with Gasteiger partial charge in [0.1, 0.15) is 18.8 Å². The van der Waals surface area contributed by atoms with Crippen LogP contribution >= 0.6 is 0 Å². The first-order valence-corrected chi connectivity index (χ1v) is 12.9. The molecule has 5 atom stereocenters. The summed E-state index contributed by atoms with van der Waals surface area (Å²) in [6.07, 6.45) is -8.26. The lowest BCUT2D eigenvalue weighted by atomic mass is 9.81. The van der Waals surface area contributed by atoms with Gasteiger partial charge in [-0.2, -0.15) is 0 Å². The Labute approximate surface area is 250 Å². The van der Waals surface area contributed by atoms with Crippen LogP contribution in [-0.2, 0) is 14.2 Å². The molecule has 3 aromatic carbocycles. The van der Waals surface area contributed by atoms with Gasteiger partial charge >= 0.3 is 11.9 Å². The Kier molecular flexibility index (Phi) is 7.61. The highest BCUT2D eigenvalue weighted by Crippen LogP contribution is 2.53. The molecule has 2 heterocycles. The summed E-state index contributed by atoms with van der Waals surface area (Å²) in [4.78, 5) is 39.7. The van der Waals surface area contributed by atoms with Gasteiger partial charge in [0.15, 0.2) is 46.0 Å². The number of benzene rings is 3. The third-order valence-electron chi connectivity index (χ3n) is 7.45. The minimum absolute atomic E-state index is 0.520. The number of aliphatic hydroxyl groups excluding tert-OH is 2. The molecule has 17 heteroatoms. The van der Waals surface area contributed by atoms with E-state index in [1.165, 1.54) is 0 Å². The zero-order valence-corrected chi connectivity index (χ0v) is 22.5. The van der Waals surface area contributed by atoms with Crippen molar-refractivity contribution in [2.75, 3.05) is 6.61 Å². The van der Waals surface area contributed by atoms with Gasteiger partial charge in [0.05, 0.1) is 17.2 Å². The second-order valence-electron chi connectivity index (χ2n) is 10.2. The number of ketones is 1. The summed E-state index contributed by atoms with van der Waals surface area (Å²) in [5, 5.41) is 113. The van der Waals surface area contributed by atoms with Gasteiger partial charge in [0.2, 0.25) is 17.8 Å². The smallest absolute Gasteiger partial charge is 0.340 e. The molecule has 45 heavy (non-hydrogen) atoms. The molecule has 1 saturated heterocycles. The quantitative estimate of drug-likeness (QED) is 0.134. The van der Waals surface area contributed by atoms with Crippen molar-refractivity contribution < 1.29 is 84.8 Å². The van der Waals surface area contributed by atoms with E-state index in [4.69, 9.17) is 14.2 Å². The van der Waals surface area contributed by atoms with Crippen molar-refractivity contribution >= 4 is 17.7 Å². The number of hydrogen-bond acceptors (Lipinski definition) is 17. The number of aliphatic hydroxyl groups is 2. The summed E-state index contributed by atoms with van der Waals surface area (Å²) < 4.78 is 15.8. The predicted molar refractivity (Wildman–Crippen MR) is 142 cm³/mol. The van der Waals surface area contributed by atoms with E-state index in [9.17, 15) is 70.6 Å². The van der Waals surface area contributed by atoms with Crippen LogP contribution in [0.25, 0.3) is 11.1 Å². The molecule has 0 spiro atoms. The maximum atomic E-state index is 13.7. The monoisotopic (exact) mass is 632 g/mol. The Hall–Kier alpha value is -5.65. The van der Waals surface area contributed by atoms with E-state index in [0.29, 0.717) is 12.1 Å². The molecule has 0 aliphatic carbocycles. The van der Waals surface area contributed by atoms with Gasteiger partial charge in [-0.1, -0.05) is 0 Å². The molecular weight excluding hydrogens is 608 g/mol. The van der Waals surface area contributed by atoms with Gasteiger partial charge in [-0.05, 0) is 24.3 Å². The summed E-state index contributed by atoms with van der Waals surface area (Å²) >= 11 is 0. The summed E-state index contributed by atoms with van der Waals surface area (Å²) in [6, 6.07) is 2.68. The number of rotatable bonds is 2. The maximum Gasteiger partial charge on any atom is 0.340 e. The van der Waals surface area contributed by atoms with E-state index in [2.05, 4.69) is 0 Å². The largest absolute Gasteiger partial charge is 0.504 e. The molecule has 0 amide bonds. The molecule has 1 fully saturated rings. The van der Waals surface area contributed by atoms with Crippen LogP contribution in [0.3, 0.4) is 0 Å². The van der Waals surface area contributed by atoms with Crippen LogP contribution in [0.5, 0.6) is 51.7 Å². The highest BCUT2D eigenvalue weighted by atomic mass is 16.7. The number of fused-ring (bicyclic) bond motifs is 5. The van der Waals surface area contributed by atoms with Gasteiger partial charge in [-0.3, -0.25) is 4.79 Å². The predicted octanol–water partition coefficient (Wildman–Crippen LogP) is 0.367. The zero-order valence-electron chi connectivity index (χ0n) is 22.5. The molecule has 3 aromatic rings. The number of phenols is 9. The molecule has 5 rings (SSSR count). The third-order valence-corrected chi connectivity index (χ3v) is 7.45. The van der Waals surface area contributed by atoms with Crippen LogP contribution in [0, 0.1) is 5.92 Å². The topological polar surface area (TPSA) is 301 Å². The van der Waals surface area contributed by atoms with Crippen molar-refractivity contribution in [1.82, 2.24) is 0 Å². The Balaban J connectivity index is 1.61. The van der Waals surface area contributed by atoms with Crippen LogP contribution < -0.4 is 0 Å². The minimum Gasteiger partial charge on any atom is -0.504 e. The van der Waals surface area contributed by atoms with E-state index in [1.807, 2.05) is 0 Å². The fourth-order valence-corrected chi connectivity index (χ4v) is 5.12. The number of Topliss-reactive ketones (excluding diaryl/α,β-unsaturated/α-hetero) is 1. The lowest BCUT2D eigenvalue weighted by Gasteiger charge is -2.42. The van der Waals surface area contributed by atoms with E-state index in [0.717, 1.165) is 12.1 Å². The van der Waals surface area contributed by atoms with E-state index in [-0.39, 0.29) is 0 Å². The van der Waals surface area contributed by atoms with Crippen LogP contribution in [0.2, 0.25) is 0 Å². The molecule has 238 valence electrons. The molecular formula is C28H24O17. The first kappa shape index (κ1) is 30.8. The second-order valence-corrected chi connectivity index (χ2v) is 10.2. The number of carbonyl (C=O) groups excluding carboxylic acids is 3. The second kappa shape index (κ2) is 11.1. The standard InChI is InChI=1S/C28H24O17/c29-11-5-10-19(34)16(44-28(20(10)35)45-26(41)7-1-12(30)21(36)13(31)2-7)6-43-27(42)9-4-15(33)23(38)25(40)18(9)17-8(11)3-14(32)22(37)24(17)39/h1-4,10,16,19-20,28,30-40H,5-6H2/t10-,16-,19+,20-,28+/m0/s1. The summed E-state index contributed by atoms with van der Waals surface area (Å²) in [6.45, 7) is -0.867. The molecule has 17 nitrogen and oxygen atoms in total. The van der Waals surface area contributed by atoms with Gasteiger partial charge < -0.3 is 70.4 Å². The highest BCUT2D eigenvalue weighted by Gasteiger charge is 2.48. The van der Waals surface area contributed by atoms with Gasteiger partial charge in [-0.25, -0.2) is 9.59 Å². The average Bonchev–Trinajstić information content (AvgIpc) is 2.99. The maximum absolute atomic E-state index is 13.7. The van der Waals surface area contributed by atoms with Crippen LogP contribution in [-0.4, -0.2) is 105 Å². The molecule has 0 radical (unpaired) electrons. The zero-order chi connectivity index (χ0) is 33.1. The molecule has 11 N–H and O–H groups in total. The Bertz CT molecular complexity index is 1720. The van der Waals surface area contributed by atoms with Crippen molar-refractivity contribution in [3.63, 3.8) is 0 Å². The molecule has 0 aromatic heterocycles. The van der Waals surface area contributed by atoms with Gasteiger partial charge in [-0.15, -0.1) is 0 Å². The average molecular weight is 632 g/mol. The Morgan fingerprint density at radius 1 is 0.689 bits per heavy atom. The molecule has 2 aliphatic rings. The molecule has 0 unspecified atom stereocenters. The van der Waals surface area contributed by atoms with Crippen molar-refractivity contribution in [1.29, 1.82) is 0 Å². The number of ether oxygens (including phenoxy) is 3. The Morgan fingerprint density at radius 2 is 1.20 bits per heavy atom. The van der Waals surface area contributed by atoms with E-state index in [1.54, 1.807) is 0 Å². The molecule has 0 saturated carbocycles. The van der Waals surface area contributed by atoms with Gasteiger partial charge in [0, 0.05) is 29.0 Å². The summed E-state index contributed by atoms with van der Waals surface area (Å²) in [5.74, 6) is -15.1. The van der Waals surface area contributed by atoms with Crippen LogP contribution in [0.15, 0.2) is 24.3 Å². The minimum atomic E-state index is -1.99. The van der Waals surface area contributed by atoms with Crippen LogP contribution in [0.1, 0.15) is 37.5 Å². The Morgan fingerprint density at radius 3 is 1.78 bits per heavy atom. The van der Waals surface area contributed by atoms with Crippen molar-refractivity contribution in [3.05, 3.63) is 41.0 Å². The number of esters is 2. The number of phenolic OH excluding ortho intramolecular Hbond substituents is 9.